The van der Waals surface area contributed by atoms with Gasteiger partial charge in [0.05, 0.1) is 0 Å². The maximum atomic E-state index is 2.32. The molecule has 0 spiro atoms. The van der Waals surface area contributed by atoms with E-state index in [2.05, 4.69) is 42.5 Å². The minimum atomic E-state index is 0.668. The van der Waals surface area contributed by atoms with E-state index in [1.54, 1.807) is 5.56 Å². The Morgan fingerprint density at radius 2 is 1.92 bits per heavy atom. The Bertz CT molecular complexity index is 383. The van der Waals surface area contributed by atoms with Gasteiger partial charge in [-0.2, -0.15) is 0 Å². The maximum Gasteiger partial charge on any atom is 0.00677 e. The van der Waals surface area contributed by atoms with Crippen LogP contribution in [0.4, 0.5) is 0 Å². The van der Waals surface area contributed by atoms with Crippen LogP contribution in [0.25, 0.3) is 12.2 Å². The molecule has 2 aliphatic rings. The van der Waals surface area contributed by atoms with Gasteiger partial charge in [0.1, 0.15) is 0 Å². The van der Waals surface area contributed by atoms with Crippen LogP contribution < -0.4 is 0 Å². The van der Waals surface area contributed by atoms with Gasteiger partial charge in [0, 0.05) is 5.92 Å². The summed E-state index contributed by atoms with van der Waals surface area (Å²) in [6, 6.07) is 6.54. The molecule has 58 valence electrons. The molecule has 0 nitrogen and oxygen atoms in total. The summed E-state index contributed by atoms with van der Waals surface area (Å²) in [5, 5.41) is 0. The van der Waals surface area contributed by atoms with Crippen molar-refractivity contribution in [2.45, 2.75) is 12.3 Å². The Morgan fingerprint density at radius 3 is 2.83 bits per heavy atom. The van der Waals surface area contributed by atoms with Crippen LogP contribution in [0.3, 0.4) is 0 Å². The van der Waals surface area contributed by atoms with Crippen LogP contribution in [0.1, 0.15) is 29.0 Å². The van der Waals surface area contributed by atoms with Gasteiger partial charge in [-0.1, -0.05) is 42.5 Å². The van der Waals surface area contributed by atoms with Crippen LogP contribution in [0.5, 0.6) is 0 Å². The van der Waals surface area contributed by atoms with Gasteiger partial charge < -0.3 is 0 Å². The summed E-state index contributed by atoms with van der Waals surface area (Å²) in [5.74, 6) is 0.668. The van der Waals surface area contributed by atoms with Crippen molar-refractivity contribution in [1.82, 2.24) is 0 Å². The van der Waals surface area contributed by atoms with E-state index < -0.39 is 0 Å². The van der Waals surface area contributed by atoms with Crippen LogP contribution in [0.15, 0.2) is 30.4 Å². The lowest BCUT2D eigenvalue weighted by Crippen LogP contribution is -1.98. The SMILES string of the molecule is C1=Cc2cccc3c2C(C=C3)C1. The lowest BCUT2D eigenvalue weighted by Gasteiger charge is -2.16. The Morgan fingerprint density at radius 1 is 1.08 bits per heavy atom. The van der Waals surface area contributed by atoms with E-state index >= 15 is 0 Å². The predicted octanol–water partition coefficient (Wildman–Crippen LogP) is 3.21. The first kappa shape index (κ1) is 6.24. The van der Waals surface area contributed by atoms with E-state index in [9.17, 15) is 0 Å². The lowest BCUT2D eigenvalue weighted by molar-refractivity contribution is 0.868. The molecule has 0 bridgehead atoms. The van der Waals surface area contributed by atoms with Gasteiger partial charge >= 0.3 is 0 Å². The van der Waals surface area contributed by atoms with Crippen molar-refractivity contribution in [3.63, 3.8) is 0 Å². The molecule has 3 rings (SSSR count). The van der Waals surface area contributed by atoms with Gasteiger partial charge in [-0.05, 0) is 23.1 Å². The first-order valence-electron chi connectivity index (χ1n) is 4.43. The van der Waals surface area contributed by atoms with Crippen molar-refractivity contribution in [3.8, 4) is 0 Å². The monoisotopic (exact) mass is 154 g/mol. The minimum absolute atomic E-state index is 0.668. The van der Waals surface area contributed by atoms with Crippen LogP contribution in [-0.4, -0.2) is 0 Å². The average molecular weight is 154 g/mol. The van der Waals surface area contributed by atoms with Crippen molar-refractivity contribution >= 4 is 12.2 Å². The molecule has 1 aromatic rings. The van der Waals surface area contributed by atoms with Crippen LogP contribution >= 0.6 is 0 Å². The molecule has 2 aliphatic carbocycles. The Hall–Kier alpha value is -1.30. The average Bonchev–Trinajstić information content (AvgIpc) is 2.52. The van der Waals surface area contributed by atoms with Crippen molar-refractivity contribution in [2.24, 2.45) is 0 Å². The Kier molecular flexibility index (Phi) is 1.09. The fourth-order valence-corrected chi connectivity index (χ4v) is 2.17. The normalized spacial score (nSPS) is 22.8. The van der Waals surface area contributed by atoms with Gasteiger partial charge in [0.25, 0.3) is 0 Å². The van der Waals surface area contributed by atoms with Gasteiger partial charge in [-0.3, -0.25) is 0 Å². The van der Waals surface area contributed by atoms with E-state index in [0.717, 1.165) is 0 Å². The Labute approximate surface area is 72.2 Å². The molecule has 0 heteroatoms. The highest BCUT2D eigenvalue weighted by Crippen LogP contribution is 2.38. The zero-order valence-electron chi connectivity index (χ0n) is 6.83. The molecule has 12 heavy (non-hydrogen) atoms. The maximum absolute atomic E-state index is 2.32. The van der Waals surface area contributed by atoms with Crippen LogP contribution in [0.2, 0.25) is 0 Å². The third kappa shape index (κ3) is 0.672. The number of allylic oxidation sites excluding steroid dienone is 2. The summed E-state index contributed by atoms with van der Waals surface area (Å²) < 4.78 is 0. The number of hydrogen-bond donors (Lipinski definition) is 0. The van der Waals surface area contributed by atoms with E-state index in [4.69, 9.17) is 0 Å². The summed E-state index contributed by atoms with van der Waals surface area (Å²) in [6.45, 7) is 0. The molecule has 1 atom stereocenters. The topological polar surface area (TPSA) is 0 Å². The second kappa shape index (κ2) is 2.10. The summed E-state index contributed by atoms with van der Waals surface area (Å²) >= 11 is 0. The largest absolute Gasteiger partial charge is 0.0830 e. The molecule has 0 saturated heterocycles. The fourth-order valence-electron chi connectivity index (χ4n) is 2.17. The van der Waals surface area contributed by atoms with Crippen molar-refractivity contribution in [1.29, 1.82) is 0 Å². The summed E-state index contributed by atoms with van der Waals surface area (Å²) in [5.41, 5.74) is 4.37. The molecular formula is C12H10. The summed E-state index contributed by atoms with van der Waals surface area (Å²) in [4.78, 5) is 0. The molecule has 0 fully saturated rings. The molecule has 0 radical (unpaired) electrons. The highest BCUT2D eigenvalue weighted by Gasteiger charge is 2.20. The molecule has 1 unspecified atom stereocenters. The van der Waals surface area contributed by atoms with Gasteiger partial charge in [0.2, 0.25) is 0 Å². The zero-order chi connectivity index (χ0) is 7.97. The number of rotatable bonds is 0. The fraction of sp³-hybridized carbons (Fsp3) is 0.167. The molecule has 0 aliphatic heterocycles. The molecule has 0 saturated carbocycles. The second-order valence-corrected chi connectivity index (χ2v) is 3.45. The highest BCUT2D eigenvalue weighted by atomic mass is 14.2. The predicted molar refractivity (Wildman–Crippen MR) is 51.9 cm³/mol. The van der Waals surface area contributed by atoms with Crippen molar-refractivity contribution in [3.05, 3.63) is 47.0 Å². The highest BCUT2D eigenvalue weighted by molar-refractivity contribution is 5.72. The smallest absolute Gasteiger partial charge is 0.00677 e. The van der Waals surface area contributed by atoms with Crippen molar-refractivity contribution < 1.29 is 0 Å². The molecule has 0 heterocycles. The lowest BCUT2D eigenvalue weighted by atomic mass is 9.88. The first-order chi connectivity index (χ1) is 5.95. The van der Waals surface area contributed by atoms with E-state index in [1.807, 2.05) is 0 Å². The molecule has 0 amide bonds. The molecular weight excluding hydrogens is 144 g/mol. The van der Waals surface area contributed by atoms with Gasteiger partial charge in [-0.15, -0.1) is 0 Å². The number of hydrogen-bond acceptors (Lipinski definition) is 0. The standard InChI is InChI=1S/C12H10/c1-3-9-4-2-6-11-8-7-10(5-1)12(9)11/h1-5,7-8,11H,6H2. The van der Waals surface area contributed by atoms with Crippen LogP contribution in [0, 0.1) is 0 Å². The van der Waals surface area contributed by atoms with E-state index in [0.29, 0.717) is 5.92 Å². The second-order valence-electron chi connectivity index (χ2n) is 3.45. The Balaban J connectivity index is 2.35. The van der Waals surface area contributed by atoms with Crippen LogP contribution in [-0.2, 0) is 0 Å². The third-order valence-electron chi connectivity index (χ3n) is 2.74. The van der Waals surface area contributed by atoms with E-state index in [-0.39, 0.29) is 0 Å². The number of benzene rings is 1. The molecule has 0 aromatic heterocycles. The quantitative estimate of drug-likeness (QED) is 0.538. The molecule has 0 N–H and O–H groups in total. The third-order valence-corrected chi connectivity index (χ3v) is 2.74. The van der Waals surface area contributed by atoms with E-state index in [1.165, 1.54) is 17.5 Å². The van der Waals surface area contributed by atoms with Gasteiger partial charge in [-0.25, -0.2) is 0 Å². The minimum Gasteiger partial charge on any atom is -0.0830 e. The first-order valence-corrected chi connectivity index (χ1v) is 4.43. The molecule has 1 aromatic carbocycles. The van der Waals surface area contributed by atoms with Gasteiger partial charge in [0.15, 0.2) is 0 Å². The zero-order valence-corrected chi connectivity index (χ0v) is 6.83. The van der Waals surface area contributed by atoms with Crippen molar-refractivity contribution in [2.75, 3.05) is 0 Å². The summed E-state index contributed by atoms with van der Waals surface area (Å²) in [7, 11) is 0. The summed E-state index contributed by atoms with van der Waals surface area (Å²) in [6.07, 6.45) is 10.3.